The number of ether oxygens (including phenoxy) is 3. The van der Waals surface area contributed by atoms with Gasteiger partial charge in [0, 0.05) is 31.4 Å². The molecular formula is C15H23ClN2O4. The summed E-state index contributed by atoms with van der Waals surface area (Å²) < 4.78 is 15.7. The maximum atomic E-state index is 12.3. The molecule has 0 aliphatic carbocycles. The Kier molecular flexibility index (Phi) is 6.93. The van der Waals surface area contributed by atoms with Gasteiger partial charge in [0.2, 0.25) is 5.91 Å². The smallest absolute Gasteiger partial charge is 0.240 e. The Balaban J connectivity index is 0.00000242. The van der Waals surface area contributed by atoms with Gasteiger partial charge in [-0.1, -0.05) is 0 Å². The van der Waals surface area contributed by atoms with Crippen LogP contribution in [0.15, 0.2) is 18.2 Å². The van der Waals surface area contributed by atoms with Gasteiger partial charge in [0.25, 0.3) is 0 Å². The van der Waals surface area contributed by atoms with Gasteiger partial charge < -0.3 is 25.3 Å². The van der Waals surface area contributed by atoms with Crippen LogP contribution in [0, 0.1) is 0 Å². The molecule has 22 heavy (non-hydrogen) atoms. The van der Waals surface area contributed by atoms with Crippen molar-refractivity contribution in [1.29, 1.82) is 0 Å². The van der Waals surface area contributed by atoms with E-state index in [1.807, 2.05) is 12.1 Å². The van der Waals surface area contributed by atoms with Crippen LogP contribution in [0.4, 0.5) is 0 Å². The molecule has 0 bridgehead atoms. The molecule has 7 heteroatoms. The van der Waals surface area contributed by atoms with Crippen LogP contribution in [0.2, 0.25) is 0 Å². The number of methoxy groups -OCH3 is 2. The summed E-state index contributed by atoms with van der Waals surface area (Å²) in [5.74, 6) is 1.23. The summed E-state index contributed by atoms with van der Waals surface area (Å²) in [4.78, 5) is 12.3. The van der Waals surface area contributed by atoms with Gasteiger partial charge in [0.1, 0.15) is 11.5 Å². The van der Waals surface area contributed by atoms with Gasteiger partial charge >= 0.3 is 0 Å². The number of nitrogens with two attached hydrogens (primary N) is 1. The van der Waals surface area contributed by atoms with Crippen LogP contribution in [0.25, 0.3) is 0 Å². The average molecular weight is 331 g/mol. The Morgan fingerprint density at radius 1 is 1.32 bits per heavy atom. The van der Waals surface area contributed by atoms with Crippen molar-refractivity contribution in [2.24, 2.45) is 5.73 Å². The third kappa shape index (κ3) is 4.25. The summed E-state index contributed by atoms with van der Waals surface area (Å²) in [6, 6.07) is 5.48. The lowest BCUT2D eigenvalue weighted by atomic mass is 9.90. The van der Waals surface area contributed by atoms with E-state index in [4.69, 9.17) is 19.9 Å². The minimum atomic E-state index is -0.835. The highest BCUT2D eigenvalue weighted by molar-refractivity contribution is 5.86. The van der Waals surface area contributed by atoms with Gasteiger partial charge in [-0.05, 0) is 25.0 Å². The second-order valence-electron chi connectivity index (χ2n) is 5.13. The van der Waals surface area contributed by atoms with Crippen LogP contribution >= 0.6 is 12.4 Å². The van der Waals surface area contributed by atoms with E-state index < -0.39 is 5.54 Å². The van der Waals surface area contributed by atoms with Crippen LogP contribution < -0.4 is 20.5 Å². The quantitative estimate of drug-likeness (QED) is 0.849. The third-order valence-electron chi connectivity index (χ3n) is 3.77. The molecule has 0 radical (unpaired) electrons. The summed E-state index contributed by atoms with van der Waals surface area (Å²) in [6.07, 6.45) is 1.08. The predicted octanol–water partition coefficient (Wildman–Crippen LogP) is 1.25. The van der Waals surface area contributed by atoms with Gasteiger partial charge in [-0.15, -0.1) is 12.4 Å². The molecule has 0 aromatic heterocycles. The highest BCUT2D eigenvalue weighted by atomic mass is 35.5. The lowest BCUT2D eigenvalue weighted by molar-refractivity contribution is -0.129. The molecule has 6 nitrogen and oxygen atoms in total. The van der Waals surface area contributed by atoms with Crippen molar-refractivity contribution in [3.05, 3.63) is 23.8 Å². The summed E-state index contributed by atoms with van der Waals surface area (Å²) in [6.45, 7) is 1.41. The number of halogens is 1. The first kappa shape index (κ1) is 18.5. The summed E-state index contributed by atoms with van der Waals surface area (Å²) in [7, 11) is 3.18. The fourth-order valence-corrected chi connectivity index (χ4v) is 2.31. The topological polar surface area (TPSA) is 82.8 Å². The lowest BCUT2D eigenvalue weighted by Gasteiger charge is -2.31. The second kappa shape index (κ2) is 8.22. The first-order chi connectivity index (χ1) is 10.1. The van der Waals surface area contributed by atoms with Crippen LogP contribution in [-0.4, -0.2) is 38.9 Å². The maximum absolute atomic E-state index is 12.3. The molecule has 1 amide bonds. The summed E-state index contributed by atoms with van der Waals surface area (Å²) >= 11 is 0. The second-order valence-corrected chi connectivity index (χ2v) is 5.13. The number of rotatable bonds is 5. The van der Waals surface area contributed by atoms with Crippen molar-refractivity contribution >= 4 is 18.3 Å². The van der Waals surface area contributed by atoms with E-state index in [-0.39, 0.29) is 18.3 Å². The molecule has 0 saturated carbocycles. The van der Waals surface area contributed by atoms with Crippen LogP contribution in [-0.2, 0) is 16.1 Å². The minimum Gasteiger partial charge on any atom is -0.497 e. The third-order valence-corrected chi connectivity index (χ3v) is 3.77. The zero-order valence-corrected chi connectivity index (χ0v) is 13.7. The first-order valence-electron chi connectivity index (χ1n) is 6.95. The molecule has 1 heterocycles. The molecule has 1 aliphatic heterocycles. The standard InChI is InChI=1S/C15H22N2O4.ClH/c1-19-12-4-3-11(13(9-12)20-2)10-17-14(18)15(16)5-7-21-8-6-15;/h3-4,9H,5-8,10,16H2,1-2H3,(H,17,18);1H. The van der Waals surface area contributed by atoms with Crippen LogP contribution in [0.1, 0.15) is 18.4 Å². The first-order valence-corrected chi connectivity index (χ1v) is 6.95. The molecule has 3 N–H and O–H groups in total. The lowest BCUT2D eigenvalue weighted by Crippen LogP contribution is -2.56. The van der Waals surface area contributed by atoms with Crippen LogP contribution in [0.3, 0.4) is 0 Å². The molecule has 124 valence electrons. The van der Waals surface area contributed by atoms with E-state index in [2.05, 4.69) is 5.32 Å². The van der Waals surface area contributed by atoms with E-state index in [1.54, 1.807) is 20.3 Å². The molecule has 1 aromatic carbocycles. The predicted molar refractivity (Wildman–Crippen MR) is 85.6 cm³/mol. The van der Waals surface area contributed by atoms with Gasteiger partial charge in [0.15, 0.2) is 0 Å². The Hall–Kier alpha value is -1.50. The number of carbonyl (C=O) groups is 1. The van der Waals surface area contributed by atoms with E-state index in [1.165, 1.54) is 0 Å². The number of benzene rings is 1. The molecule has 1 saturated heterocycles. The van der Waals surface area contributed by atoms with Gasteiger partial charge in [-0.3, -0.25) is 4.79 Å². The van der Waals surface area contributed by atoms with Crippen molar-refractivity contribution < 1.29 is 19.0 Å². The molecule has 1 aromatic rings. The fourth-order valence-electron chi connectivity index (χ4n) is 2.31. The van der Waals surface area contributed by atoms with Crippen molar-refractivity contribution in [3.63, 3.8) is 0 Å². The Labute approximate surface area is 136 Å². The number of hydrogen-bond donors (Lipinski definition) is 2. The van der Waals surface area contributed by atoms with E-state index in [0.717, 1.165) is 5.56 Å². The van der Waals surface area contributed by atoms with Crippen molar-refractivity contribution in [2.75, 3.05) is 27.4 Å². The normalized spacial score (nSPS) is 16.3. The van der Waals surface area contributed by atoms with Crippen molar-refractivity contribution in [3.8, 4) is 11.5 Å². The van der Waals surface area contributed by atoms with Gasteiger partial charge in [-0.2, -0.15) is 0 Å². The summed E-state index contributed by atoms with van der Waals surface area (Å²) in [5.41, 5.74) is 6.18. The Bertz CT molecular complexity index is 504. The number of carbonyl (C=O) groups excluding carboxylic acids is 1. The van der Waals surface area contributed by atoms with E-state index in [9.17, 15) is 4.79 Å². The highest BCUT2D eigenvalue weighted by Crippen LogP contribution is 2.25. The highest BCUT2D eigenvalue weighted by Gasteiger charge is 2.35. The number of hydrogen-bond acceptors (Lipinski definition) is 5. The van der Waals surface area contributed by atoms with Crippen LogP contribution in [0.5, 0.6) is 11.5 Å². The maximum Gasteiger partial charge on any atom is 0.240 e. The zero-order valence-electron chi connectivity index (χ0n) is 12.9. The van der Waals surface area contributed by atoms with Crippen molar-refractivity contribution in [1.82, 2.24) is 5.32 Å². The molecule has 1 fully saturated rings. The molecule has 0 unspecified atom stereocenters. The largest absolute Gasteiger partial charge is 0.497 e. The van der Waals surface area contributed by atoms with Crippen molar-refractivity contribution in [2.45, 2.75) is 24.9 Å². The van der Waals surface area contributed by atoms with Gasteiger partial charge in [0.05, 0.1) is 19.8 Å². The molecule has 1 aliphatic rings. The molecule has 2 rings (SSSR count). The zero-order chi connectivity index (χ0) is 15.3. The number of nitrogens with one attached hydrogen (secondary N) is 1. The fraction of sp³-hybridized carbons (Fsp3) is 0.533. The minimum absolute atomic E-state index is 0. The number of amides is 1. The van der Waals surface area contributed by atoms with E-state index in [0.29, 0.717) is 44.1 Å². The molecule has 0 spiro atoms. The Morgan fingerprint density at radius 2 is 2.00 bits per heavy atom. The summed E-state index contributed by atoms with van der Waals surface area (Å²) in [5, 5.41) is 2.88. The van der Waals surface area contributed by atoms with Gasteiger partial charge in [-0.25, -0.2) is 0 Å². The SMILES string of the molecule is COc1ccc(CNC(=O)C2(N)CCOCC2)c(OC)c1.Cl. The molecule has 0 atom stereocenters. The monoisotopic (exact) mass is 330 g/mol. The Morgan fingerprint density at radius 3 is 2.59 bits per heavy atom. The average Bonchev–Trinajstić information content (AvgIpc) is 2.53. The van der Waals surface area contributed by atoms with E-state index >= 15 is 0 Å². The molecular weight excluding hydrogens is 308 g/mol.